The van der Waals surface area contributed by atoms with Crippen molar-refractivity contribution in [2.24, 2.45) is 5.92 Å². The van der Waals surface area contributed by atoms with Crippen molar-refractivity contribution in [2.45, 2.75) is 76.2 Å². The van der Waals surface area contributed by atoms with Crippen LogP contribution in [0.3, 0.4) is 0 Å². The lowest BCUT2D eigenvalue weighted by Crippen LogP contribution is -2.14. The van der Waals surface area contributed by atoms with Crippen LogP contribution >= 0.6 is 0 Å². The van der Waals surface area contributed by atoms with Gasteiger partial charge in [0.05, 0.1) is 6.10 Å². The molecule has 0 heterocycles. The van der Waals surface area contributed by atoms with Crippen molar-refractivity contribution >= 4 is 0 Å². The van der Waals surface area contributed by atoms with E-state index >= 15 is 0 Å². The maximum atomic E-state index is 10.7. The van der Waals surface area contributed by atoms with E-state index in [9.17, 15) is 5.11 Å². The molecule has 2 saturated carbocycles. The Morgan fingerprint density at radius 2 is 1.60 bits per heavy atom. The first-order chi connectivity index (χ1) is 9.84. The van der Waals surface area contributed by atoms with Crippen LogP contribution in [0.1, 0.15) is 87.4 Å². The Balaban J connectivity index is 1.68. The molecule has 1 aromatic carbocycles. The Kier molecular flexibility index (Phi) is 4.77. The van der Waals surface area contributed by atoms with Gasteiger partial charge < -0.3 is 5.11 Å². The Hall–Kier alpha value is -0.820. The van der Waals surface area contributed by atoms with Crippen molar-refractivity contribution in [1.82, 2.24) is 0 Å². The average Bonchev–Trinajstić information content (AvgIpc) is 2.66. The lowest BCUT2D eigenvalue weighted by molar-refractivity contribution is 0.137. The van der Waals surface area contributed by atoms with Crippen molar-refractivity contribution in [1.29, 1.82) is 0 Å². The summed E-state index contributed by atoms with van der Waals surface area (Å²) >= 11 is 0. The van der Waals surface area contributed by atoms with Crippen LogP contribution in [0, 0.1) is 5.92 Å². The molecule has 0 spiro atoms. The molecule has 1 aromatic rings. The van der Waals surface area contributed by atoms with Gasteiger partial charge in [-0.2, -0.15) is 0 Å². The highest BCUT2D eigenvalue weighted by Gasteiger charge is 2.25. The third-order valence-corrected chi connectivity index (χ3v) is 5.43. The monoisotopic (exact) mass is 272 g/mol. The van der Waals surface area contributed by atoms with Crippen LogP contribution in [-0.4, -0.2) is 5.11 Å². The Bertz CT molecular complexity index is 414. The minimum Gasteiger partial charge on any atom is -0.388 e. The van der Waals surface area contributed by atoms with Crippen molar-refractivity contribution in [3.63, 3.8) is 0 Å². The number of aliphatic hydroxyl groups excluding tert-OH is 1. The largest absolute Gasteiger partial charge is 0.388 e. The molecule has 3 rings (SSSR count). The molecule has 0 amide bonds. The van der Waals surface area contributed by atoms with Crippen molar-refractivity contribution in [3.05, 3.63) is 35.4 Å². The lowest BCUT2D eigenvalue weighted by Gasteiger charge is -2.30. The SMILES string of the molecule is OC(CC1CCCCCC1)c1ccccc1C1CCC1. The number of aliphatic hydroxyl groups is 1. The molecule has 0 aromatic heterocycles. The minimum absolute atomic E-state index is 0.241. The molecule has 2 fully saturated rings. The molecule has 0 radical (unpaired) electrons. The van der Waals surface area contributed by atoms with Gasteiger partial charge in [-0.3, -0.25) is 0 Å². The zero-order chi connectivity index (χ0) is 13.8. The Morgan fingerprint density at radius 3 is 2.25 bits per heavy atom. The zero-order valence-corrected chi connectivity index (χ0v) is 12.6. The first-order valence-electron chi connectivity index (χ1n) is 8.61. The Labute approximate surface area is 123 Å². The van der Waals surface area contributed by atoms with Crippen LogP contribution in [0.25, 0.3) is 0 Å². The van der Waals surface area contributed by atoms with E-state index in [0.717, 1.165) is 18.3 Å². The quantitative estimate of drug-likeness (QED) is 0.733. The summed E-state index contributed by atoms with van der Waals surface area (Å²) in [5, 5.41) is 10.7. The van der Waals surface area contributed by atoms with Gasteiger partial charge in [-0.1, -0.05) is 69.2 Å². The second-order valence-corrected chi connectivity index (χ2v) is 6.87. The molecule has 1 heteroatoms. The highest BCUT2D eigenvalue weighted by atomic mass is 16.3. The second-order valence-electron chi connectivity index (χ2n) is 6.87. The summed E-state index contributed by atoms with van der Waals surface area (Å²) in [5.41, 5.74) is 2.65. The molecule has 110 valence electrons. The summed E-state index contributed by atoms with van der Waals surface area (Å²) in [6, 6.07) is 8.63. The molecule has 2 aliphatic carbocycles. The number of rotatable bonds is 4. The van der Waals surface area contributed by atoms with Crippen molar-refractivity contribution in [3.8, 4) is 0 Å². The molecule has 2 aliphatic rings. The Morgan fingerprint density at radius 1 is 0.900 bits per heavy atom. The topological polar surface area (TPSA) is 20.2 Å². The maximum Gasteiger partial charge on any atom is 0.0795 e. The van der Waals surface area contributed by atoms with Crippen LogP contribution in [0.15, 0.2) is 24.3 Å². The summed E-state index contributed by atoms with van der Waals surface area (Å²) < 4.78 is 0. The van der Waals surface area contributed by atoms with Crippen LogP contribution in [0.5, 0.6) is 0 Å². The molecule has 0 saturated heterocycles. The van der Waals surface area contributed by atoms with Crippen LogP contribution in [-0.2, 0) is 0 Å². The van der Waals surface area contributed by atoms with E-state index in [1.54, 1.807) is 0 Å². The van der Waals surface area contributed by atoms with Crippen molar-refractivity contribution in [2.75, 3.05) is 0 Å². The molecule has 0 aliphatic heterocycles. The van der Waals surface area contributed by atoms with Crippen LogP contribution < -0.4 is 0 Å². The van der Waals surface area contributed by atoms with Gasteiger partial charge >= 0.3 is 0 Å². The fraction of sp³-hybridized carbons (Fsp3) is 0.684. The predicted octanol–water partition coefficient (Wildman–Crippen LogP) is 5.35. The summed E-state index contributed by atoms with van der Waals surface area (Å²) in [6.07, 6.45) is 12.9. The molecule has 1 nitrogen and oxygen atoms in total. The standard InChI is InChI=1S/C19H28O/c20-19(14-15-8-3-1-2-4-9-15)18-13-6-5-12-17(18)16-10-7-11-16/h5-6,12-13,15-16,19-20H,1-4,7-11,14H2. The van der Waals surface area contributed by atoms with Gasteiger partial charge in [0, 0.05) is 0 Å². The van der Waals surface area contributed by atoms with Gasteiger partial charge in [0.2, 0.25) is 0 Å². The summed E-state index contributed by atoms with van der Waals surface area (Å²) in [5.74, 6) is 1.46. The molecule has 0 bridgehead atoms. The molecule has 1 N–H and O–H groups in total. The summed E-state index contributed by atoms with van der Waals surface area (Å²) in [7, 11) is 0. The second kappa shape index (κ2) is 6.76. The summed E-state index contributed by atoms with van der Waals surface area (Å²) in [4.78, 5) is 0. The van der Waals surface area contributed by atoms with E-state index in [-0.39, 0.29) is 6.10 Å². The average molecular weight is 272 g/mol. The van der Waals surface area contributed by atoms with Gasteiger partial charge in [0.25, 0.3) is 0 Å². The highest BCUT2D eigenvalue weighted by molar-refractivity contribution is 5.33. The van der Waals surface area contributed by atoms with Crippen molar-refractivity contribution < 1.29 is 5.11 Å². The zero-order valence-electron chi connectivity index (χ0n) is 12.6. The first kappa shape index (κ1) is 14.1. The van der Waals surface area contributed by atoms with Gasteiger partial charge in [-0.15, -0.1) is 0 Å². The first-order valence-corrected chi connectivity index (χ1v) is 8.61. The third-order valence-electron chi connectivity index (χ3n) is 5.43. The lowest BCUT2D eigenvalue weighted by atomic mass is 9.76. The van der Waals surface area contributed by atoms with E-state index in [2.05, 4.69) is 24.3 Å². The van der Waals surface area contributed by atoms with Gasteiger partial charge in [-0.05, 0) is 42.2 Å². The van der Waals surface area contributed by atoms with E-state index in [1.807, 2.05) is 0 Å². The van der Waals surface area contributed by atoms with Gasteiger partial charge in [-0.25, -0.2) is 0 Å². The van der Waals surface area contributed by atoms with E-state index in [4.69, 9.17) is 0 Å². The number of hydrogen-bond donors (Lipinski definition) is 1. The van der Waals surface area contributed by atoms with E-state index in [0.29, 0.717) is 0 Å². The molecular weight excluding hydrogens is 244 g/mol. The van der Waals surface area contributed by atoms with E-state index in [1.165, 1.54) is 68.9 Å². The molecule has 20 heavy (non-hydrogen) atoms. The normalized spacial score (nSPS) is 23.1. The number of benzene rings is 1. The van der Waals surface area contributed by atoms with Crippen LogP contribution in [0.2, 0.25) is 0 Å². The van der Waals surface area contributed by atoms with Gasteiger partial charge in [0.15, 0.2) is 0 Å². The molecular formula is C19H28O. The maximum absolute atomic E-state index is 10.7. The molecule has 1 atom stereocenters. The van der Waals surface area contributed by atoms with E-state index < -0.39 is 0 Å². The molecule has 1 unspecified atom stereocenters. The predicted molar refractivity (Wildman–Crippen MR) is 83.8 cm³/mol. The highest BCUT2D eigenvalue weighted by Crippen LogP contribution is 2.41. The fourth-order valence-electron chi connectivity index (χ4n) is 3.95. The number of hydrogen-bond acceptors (Lipinski definition) is 1. The third kappa shape index (κ3) is 3.25. The van der Waals surface area contributed by atoms with Crippen LogP contribution in [0.4, 0.5) is 0 Å². The smallest absolute Gasteiger partial charge is 0.0795 e. The van der Waals surface area contributed by atoms with Gasteiger partial charge in [0.1, 0.15) is 0 Å². The minimum atomic E-state index is -0.241. The summed E-state index contributed by atoms with van der Waals surface area (Å²) in [6.45, 7) is 0. The fourth-order valence-corrected chi connectivity index (χ4v) is 3.95.